The molecule has 2 nitrogen and oxygen atoms in total. The lowest BCUT2D eigenvalue weighted by Gasteiger charge is -2.34. The highest BCUT2D eigenvalue weighted by Crippen LogP contribution is 2.44. The maximum Gasteiger partial charge on any atom is 0.000634 e. The van der Waals surface area contributed by atoms with E-state index in [9.17, 15) is 0 Å². The van der Waals surface area contributed by atoms with Gasteiger partial charge in [-0.1, -0.05) is 13.8 Å². The van der Waals surface area contributed by atoms with E-state index in [4.69, 9.17) is 0 Å². The van der Waals surface area contributed by atoms with Crippen molar-refractivity contribution in [3.05, 3.63) is 0 Å². The Morgan fingerprint density at radius 2 is 1.43 bits per heavy atom. The lowest BCUT2D eigenvalue weighted by Crippen LogP contribution is -2.42. The Labute approximate surface area is 87.8 Å². The smallest absolute Gasteiger partial charge is 0.000634 e. The summed E-state index contributed by atoms with van der Waals surface area (Å²) in [5, 5.41) is 7.10. The lowest BCUT2D eigenvalue weighted by molar-refractivity contribution is 0.216. The molecule has 1 aliphatic carbocycles. The molecule has 0 radical (unpaired) electrons. The van der Waals surface area contributed by atoms with Gasteiger partial charge >= 0.3 is 0 Å². The Morgan fingerprint density at radius 1 is 0.929 bits per heavy atom. The Hall–Kier alpha value is -0.0800. The minimum absolute atomic E-state index is 0.552. The van der Waals surface area contributed by atoms with E-state index < -0.39 is 0 Å². The topological polar surface area (TPSA) is 24.1 Å². The van der Waals surface area contributed by atoms with Crippen LogP contribution < -0.4 is 10.6 Å². The summed E-state index contributed by atoms with van der Waals surface area (Å²) in [4.78, 5) is 0. The quantitative estimate of drug-likeness (QED) is 0.716. The summed E-state index contributed by atoms with van der Waals surface area (Å²) in [5.74, 6) is 0. The zero-order valence-corrected chi connectivity index (χ0v) is 9.66. The molecule has 1 aliphatic heterocycles. The van der Waals surface area contributed by atoms with Gasteiger partial charge in [0.05, 0.1) is 0 Å². The highest BCUT2D eigenvalue weighted by molar-refractivity contribution is 4.91. The predicted molar refractivity (Wildman–Crippen MR) is 60.4 cm³/mol. The van der Waals surface area contributed by atoms with E-state index in [1.807, 2.05) is 0 Å². The van der Waals surface area contributed by atoms with Crippen molar-refractivity contribution in [3.63, 3.8) is 0 Å². The number of piperidine rings is 1. The molecular formula is C12H24N2. The lowest BCUT2D eigenvalue weighted by atomic mass is 9.81. The minimum atomic E-state index is 0.552. The summed E-state index contributed by atoms with van der Waals surface area (Å²) in [7, 11) is 0. The Balaban J connectivity index is 1.67. The summed E-state index contributed by atoms with van der Waals surface area (Å²) >= 11 is 0. The SMILES string of the molecule is CC1(CNCC2(C)CC2)CCNCC1. The molecule has 0 aromatic carbocycles. The minimum Gasteiger partial charge on any atom is -0.317 e. The first-order valence-corrected chi connectivity index (χ1v) is 6.04. The van der Waals surface area contributed by atoms with Crippen LogP contribution in [0.5, 0.6) is 0 Å². The Kier molecular flexibility index (Phi) is 2.85. The third kappa shape index (κ3) is 2.71. The number of nitrogens with one attached hydrogen (secondary N) is 2. The first kappa shape index (κ1) is 10.4. The van der Waals surface area contributed by atoms with Gasteiger partial charge in [-0.2, -0.15) is 0 Å². The number of rotatable bonds is 4. The number of hydrogen-bond acceptors (Lipinski definition) is 2. The van der Waals surface area contributed by atoms with Crippen LogP contribution in [0.25, 0.3) is 0 Å². The van der Waals surface area contributed by atoms with Crippen LogP contribution in [0.1, 0.15) is 39.5 Å². The maximum atomic E-state index is 3.67. The zero-order chi connectivity index (χ0) is 10.1. The highest BCUT2D eigenvalue weighted by atomic mass is 14.9. The predicted octanol–water partition coefficient (Wildman–Crippen LogP) is 1.77. The van der Waals surface area contributed by atoms with Crippen LogP contribution in [-0.2, 0) is 0 Å². The summed E-state index contributed by atoms with van der Waals surface area (Å²) in [6.07, 6.45) is 5.52. The summed E-state index contributed by atoms with van der Waals surface area (Å²) in [5.41, 5.74) is 1.21. The van der Waals surface area contributed by atoms with Crippen molar-refractivity contribution >= 4 is 0 Å². The van der Waals surface area contributed by atoms with Gasteiger partial charge in [0.1, 0.15) is 0 Å². The van der Waals surface area contributed by atoms with Crippen LogP contribution in [0.3, 0.4) is 0 Å². The molecule has 1 heterocycles. The Morgan fingerprint density at radius 3 is 1.93 bits per heavy atom. The first-order chi connectivity index (χ1) is 6.62. The van der Waals surface area contributed by atoms with E-state index in [1.165, 1.54) is 51.9 Å². The van der Waals surface area contributed by atoms with E-state index in [2.05, 4.69) is 24.5 Å². The second-order valence-corrected chi connectivity index (χ2v) is 5.97. The Bertz CT molecular complexity index is 190. The van der Waals surface area contributed by atoms with Crippen LogP contribution in [0, 0.1) is 10.8 Å². The molecule has 2 aliphatic rings. The van der Waals surface area contributed by atoms with Crippen LogP contribution in [0.4, 0.5) is 0 Å². The molecule has 0 spiro atoms. The second-order valence-electron chi connectivity index (χ2n) is 5.97. The van der Waals surface area contributed by atoms with Crippen molar-refractivity contribution in [2.24, 2.45) is 10.8 Å². The monoisotopic (exact) mass is 196 g/mol. The van der Waals surface area contributed by atoms with Crippen LogP contribution in [0.15, 0.2) is 0 Å². The van der Waals surface area contributed by atoms with Gasteiger partial charge in [0.15, 0.2) is 0 Å². The first-order valence-electron chi connectivity index (χ1n) is 6.04. The van der Waals surface area contributed by atoms with Gasteiger partial charge in [-0.25, -0.2) is 0 Å². The third-order valence-corrected chi connectivity index (χ3v) is 4.02. The van der Waals surface area contributed by atoms with Crippen molar-refractivity contribution in [2.45, 2.75) is 39.5 Å². The summed E-state index contributed by atoms with van der Waals surface area (Å²) in [6, 6.07) is 0. The van der Waals surface area contributed by atoms with Crippen molar-refractivity contribution in [2.75, 3.05) is 26.2 Å². The van der Waals surface area contributed by atoms with Crippen molar-refractivity contribution in [3.8, 4) is 0 Å². The zero-order valence-electron chi connectivity index (χ0n) is 9.66. The third-order valence-electron chi connectivity index (χ3n) is 4.02. The largest absolute Gasteiger partial charge is 0.317 e. The van der Waals surface area contributed by atoms with Crippen molar-refractivity contribution in [1.82, 2.24) is 10.6 Å². The van der Waals surface area contributed by atoms with E-state index in [1.54, 1.807) is 0 Å². The van der Waals surface area contributed by atoms with Gasteiger partial charge in [0, 0.05) is 13.1 Å². The molecule has 14 heavy (non-hydrogen) atoms. The molecule has 0 aromatic heterocycles. The van der Waals surface area contributed by atoms with E-state index in [0.717, 1.165) is 0 Å². The van der Waals surface area contributed by atoms with Crippen LogP contribution in [-0.4, -0.2) is 26.2 Å². The standard InChI is InChI=1S/C12H24N2/c1-11(3-4-11)9-14-10-12(2)5-7-13-8-6-12/h13-14H,3-10H2,1-2H3. The van der Waals surface area contributed by atoms with Crippen molar-refractivity contribution in [1.29, 1.82) is 0 Å². The van der Waals surface area contributed by atoms with Gasteiger partial charge in [-0.3, -0.25) is 0 Å². The van der Waals surface area contributed by atoms with E-state index >= 15 is 0 Å². The highest BCUT2D eigenvalue weighted by Gasteiger charge is 2.37. The van der Waals surface area contributed by atoms with E-state index in [0.29, 0.717) is 10.8 Å². The molecule has 2 heteroatoms. The average Bonchev–Trinajstić information content (AvgIpc) is 2.85. The summed E-state index contributed by atoms with van der Waals surface area (Å²) in [6.45, 7) is 9.67. The average molecular weight is 196 g/mol. The molecule has 0 aromatic rings. The van der Waals surface area contributed by atoms with Crippen LogP contribution in [0.2, 0.25) is 0 Å². The van der Waals surface area contributed by atoms with E-state index in [-0.39, 0.29) is 0 Å². The maximum absolute atomic E-state index is 3.67. The molecule has 0 amide bonds. The fraction of sp³-hybridized carbons (Fsp3) is 1.00. The summed E-state index contributed by atoms with van der Waals surface area (Å²) < 4.78 is 0. The molecule has 82 valence electrons. The fourth-order valence-electron chi connectivity index (χ4n) is 2.26. The molecule has 2 fully saturated rings. The molecule has 2 rings (SSSR count). The van der Waals surface area contributed by atoms with Gasteiger partial charge in [-0.05, 0) is 49.6 Å². The molecule has 1 saturated heterocycles. The van der Waals surface area contributed by atoms with Gasteiger partial charge in [-0.15, -0.1) is 0 Å². The second kappa shape index (κ2) is 3.82. The normalized spacial score (nSPS) is 28.7. The molecule has 0 unspecified atom stereocenters. The molecule has 0 atom stereocenters. The van der Waals surface area contributed by atoms with Gasteiger partial charge in [0.25, 0.3) is 0 Å². The molecule has 1 saturated carbocycles. The van der Waals surface area contributed by atoms with Gasteiger partial charge in [0.2, 0.25) is 0 Å². The fourth-order valence-corrected chi connectivity index (χ4v) is 2.26. The van der Waals surface area contributed by atoms with Crippen molar-refractivity contribution < 1.29 is 0 Å². The molecular weight excluding hydrogens is 172 g/mol. The van der Waals surface area contributed by atoms with Crippen LogP contribution >= 0.6 is 0 Å². The van der Waals surface area contributed by atoms with Gasteiger partial charge < -0.3 is 10.6 Å². The molecule has 0 bridgehead atoms. The molecule has 2 N–H and O–H groups in total. The number of hydrogen-bond donors (Lipinski definition) is 2.